The van der Waals surface area contributed by atoms with Crippen molar-refractivity contribution in [3.63, 3.8) is 0 Å². The SMILES string of the molecule is O=c1cccc2nc(C3CCNCC3)[nH]nc1-2. The van der Waals surface area contributed by atoms with Gasteiger partial charge in [0.15, 0.2) is 5.69 Å². The number of nitrogens with one attached hydrogen (secondary N) is 2. The van der Waals surface area contributed by atoms with Gasteiger partial charge in [-0.1, -0.05) is 6.07 Å². The normalized spacial score (nSPS) is 17.4. The number of fused-ring (bicyclic) bond motifs is 1. The fourth-order valence-electron chi connectivity index (χ4n) is 2.26. The molecule has 88 valence electrons. The third-order valence-electron chi connectivity index (χ3n) is 3.23. The van der Waals surface area contributed by atoms with E-state index < -0.39 is 0 Å². The summed E-state index contributed by atoms with van der Waals surface area (Å²) in [5.74, 6) is 1.31. The Morgan fingerprint density at radius 1 is 1.24 bits per heavy atom. The minimum Gasteiger partial charge on any atom is -0.317 e. The van der Waals surface area contributed by atoms with Crippen LogP contribution in [0, 0.1) is 0 Å². The molecule has 3 aliphatic rings. The van der Waals surface area contributed by atoms with E-state index in [9.17, 15) is 4.79 Å². The molecule has 2 aliphatic heterocycles. The smallest absolute Gasteiger partial charge is 0.208 e. The summed E-state index contributed by atoms with van der Waals surface area (Å²) in [4.78, 5) is 16.0. The molecule has 0 saturated carbocycles. The van der Waals surface area contributed by atoms with Gasteiger partial charge < -0.3 is 5.32 Å². The van der Waals surface area contributed by atoms with Gasteiger partial charge in [-0.15, -0.1) is 0 Å². The van der Waals surface area contributed by atoms with Gasteiger partial charge in [0.2, 0.25) is 5.43 Å². The third-order valence-corrected chi connectivity index (χ3v) is 3.23. The standard InChI is InChI=1S/C12H14N4O/c17-10-3-1-2-9-11(10)15-16-12(14-9)8-4-6-13-7-5-8/h1-3,8,13H,4-7H2,(H,14,16). The van der Waals surface area contributed by atoms with E-state index in [1.165, 1.54) is 6.07 Å². The van der Waals surface area contributed by atoms with Gasteiger partial charge >= 0.3 is 0 Å². The number of benzene rings is 1. The zero-order valence-electron chi connectivity index (χ0n) is 9.44. The number of aromatic nitrogens is 3. The molecule has 5 nitrogen and oxygen atoms in total. The van der Waals surface area contributed by atoms with Crippen molar-refractivity contribution in [3.8, 4) is 11.4 Å². The Morgan fingerprint density at radius 2 is 2.06 bits per heavy atom. The highest BCUT2D eigenvalue weighted by Gasteiger charge is 2.19. The molecule has 5 heteroatoms. The Kier molecular flexibility index (Phi) is 2.60. The van der Waals surface area contributed by atoms with Crippen LogP contribution in [0.4, 0.5) is 0 Å². The number of aromatic amines is 1. The topological polar surface area (TPSA) is 70.7 Å². The molecule has 3 rings (SSSR count). The molecule has 2 heterocycles. The average Bonchev–Trinajstić information content (AvgIpc) is 2.40. The number of hydrogen-bond donors (Lipinski definition) is 2. The van der Waals surface area contributed by atoms with Gasteiger partial charge in [-0.2, -0.15) is 5.10 Å². The van der Waals surface area contributed by atoms with E-state index in [4.69, 9.17) is 0 Å². The van der Waals surface area contributed by atoms with E-state index in [1.807, 2.05) is 6.07 Å². The second-order valence-corrected chi connectivity index (χ2v) is 4.37. The molecule has 0 amide bonds. The van der Waals surface area contributed by atoms with Crippen molar-refractivity contribution in [3.05, 3.63) is 34.2 Å². The van der Waals surface area contributed by atoms with Crippen LogP contribution in [-0.4, -0.2) is 28.3 Å². The molecule has 0 aromatic carbocycles. The minimum atomic E-state index is -0.0805. The molecular formula is C12H14N4O. The molecule has 1 saturated heterocycles. The lowest BCUT2D eigenvalue weighted by atomic mass is 9.97. The summed E-state index contributed by atoms with van der Waals surface area (Å²) in [7, 11) is 0. The average molecular weight is 230 g/mol. The highest BCUT2D eigenvalue weighted by Crippen LogP contribution is 2.23. The summed E-state index contributed by atoms with van der Waals surface area (Å²) in [6.07, 6.45) is 2.13. The van der Waals surface area contributed by atoms with Crippen molar-refractivity contribution in [2.24, 2.45) is 0 Å². The minimum absolute atomic E-state index is 0.0805. The van der Waals surface area contributed by atoms with Crippen LogP contribution in [-0.2, 0) is 0 Å². The third kappa shape index (κ3) is 1.93. The summed E-state index contributed by atoms with van der Waals surface area (Å²) in [6, 6.07) is 5.07. The first-order valence-corrected chi connectivity index (χ1v) is 5.90. The molecule has 1 fully saturated rings. The first kappa shape index (κ1) is 10.4. The molecule has 0 bridgehead atoms. The molecule has 0 atom stereocenters. The van der Waals surface area contributed by atoms with Crippen LogP contribution in [0.15, 0.2) is 23.0 Å². The van der Waals surface area contributed by atoms with Crippen LogP contribution in [0.5, 0.6) is 0 Å². The molecule has 0 unspecified atom stereocenters. The van der Waals surface area contributed by atoms with Crippen molar-refractivity contribution < 1.29 is 0 Å². The Balaban J connectivity index is 2.02. The van der Waals surface area contributed by atoms with Crippen molar-refractivity contribution in [1.29, 1.82) is 0 Å². The fourth-order valence-corrected chi connectivity index (χ4v) is 2.26. The lowest BCUT2D eigenvalue weighted by molar-refractivity contribution is 0.441. The van der Waals surface area contributed by atoms with E-state index in [-0.39, 0.29) is 5.43 Å². The van der Waals surface area contributed by atoms with E-state index in [0.717, 1.165) is 31.8 Å². The number of piperidine rings is 1. The Morgan fingerprint density at radius 3 is 2.88 bits per heavy atom. The number of nitrogens with zero attached hydrogens (tertiary/aromatic N) is 2. The zero-order valence-corrected chi connectivity index (χ0v) is 9.44. The molecule has 0 spiro atoms. The van der Waals surface area contributed by atoms with Gasteiger partial charge in [0.1, 0.15) is 5.82 Å². The van der Waals surface area contributed by atoms with Crippen LogP contribution in [0.1, 0.15) is 24.6 Å². The van der Waals surface area contributed by atoms with Crippen LogP contribution < -0.4 is 10.7 Å². The second kappa shape index (κ2) is 4.25. The van der Waals surface area contributed by atoms with E-state index in [1.54, 1.807) is 6.07 Å². The summed E-state index contributed by atoms with van der Waals surface area (Å²) in [6.45, 7) is 2.03. The Labute approximate surface area is 98.6 Å². The second-order valence-electron chi connectivity index (χ2n) is 4.37. The van der Waals surface area contributed by atoms with Gasteiger partial charge in [-0.3, -0.25) is 9.89 Å². The van der Waals surface area contributed by atoms with Crippen molar-refractivity contribution in [2.75, 3.05) is 13.1 Å². The molecule has 1 aliphatic carbocycles. The van der Waals surface area contributed by atoms with Crippen molar-refractivity contribution >= 4 is 0 Å². The van der Waals surface area contributed by atoms with Crippen LogP contribution in [0.2, 0.25) is 0 Å². The van der Waals surface area contributed by atoms with Crippen LogP contribution in [0.25, 0.3) is 11.4 Å². The highest BCUT2D eigenvalue weighted by atomic mass is 16.1. The van der Waals surface area contributed by atoms with Crippen LogP contribution in [0.3, 0.4) is 0 Å². The molecule has 0 aromatic rings. The molecule has 17 heavy (non-hydrogen) atoms. The zero-order chi connectivity index (χ0) is 11.7. The van der Waals surface area contributed by atoms with Gasteiger partial charge in [-0.25, -0.2) is 4.98 Å². The predicted octanol–water partition coefficient (Wildman–Crippen LogP) is 0.737. The largest absolute Gasteiger partial charge is 0.317 e. The van der Waals surface area contributed by atoms with Gasteiger partial charge in [0.25, 0.3) is 0 Å². The maximum atomic E-state index is 11.5. The van der Waals surface area contributed by atoms with Gasteiger partial charge in [-0.05, 0) is 38.1 Å². The number of para-hydroxylation sites is 1. The number of rotatable bonds is 1. The maximum Gasteiger partial charge on any atom is 0.208 e. The van der Waals surface area contributed by atoms with Crippen molar-refractivity contribution in [1.82, 2.24) is 20.5 Å². The van der Waals surface area contributed by atoms with Crippen LogP contribution >= 0.6 is 0 Å². The number of hydrogen-bond acceptors (Lipinski definition) is 4. The molecule has 0 radical (unpaired) electrons. The summed E-state index contributed by atoms with van der Waals surface area (Å²) >= 11 is 0. The first-order valence-electron chi connectivity index (χ1n) is 5.90. The predicted molar refractivity (Wildman–Crippen MR) is 64.1 cm³/mol. The summed E-state index contributed by atoms with van der Waals surface area (Å²) < 4.78 is 0. The lowest BCUT2D eigenvalue weighted by Gasteiger charge is -2.22. The monoisotopic (exact) mass is 230 g/mol. The van der Waals surface area contributed by atoms with Crippen molar-refractivity contribution in [2.45, 2.75) is 18.8 Å². The van der Waals surface area contributed by atoms with E-state index in [0.29, 0.717) is 17.3 Å². The summed E-state index contributed by atoms with van der Waals surface area (Å²) in [5, 5.41) is 10.4. The Hall–Kier alpha value is -1.75. The Bertz CT molecular complexity index is 545. The fraction of sp³-hybridized carbons (Fsp3) is 0.417. The van der Waals surface area contributed by atoms with E-state index >= 15 is 0 Å². The van der Waals surface area contributed by atoms with Gasteiger partial charge in [0, 0.05) is 5.92 Å². The van der Waals surface area contributed by atoms with Gasteiger partial charge in [0.05, 0.1) is 5.69 Å². The summed E-state index contributed by atoms with van der Waals surface area (Å²) in [5.41, 5.74) is 1.03. The molecular weight excluding hydrogens is 216 g/mol. The first-order chi connectivity index (χ1) is 8.34. The maximum absolute atomic E-state index is 11.5. The lowest BCUT2D eigenvalue weighted by Crippen LogP contribution is -2.28. The molecule has 0 aromatic heterocycles. The molecule has 2 N–H and O–H groups in total. The number of H-pyrrole nitrogens is 1. The quantitative estimate of drug-likeness (QED) is 0.758. The van der Waals surface area contributed by atoms with E-state index in [2.05, 4.69) is 20.5 Å². The highest BCUT2D eigenvalue weighted by molar-refractivity contribution is 5.54.